The number of aliphatic hydroxyl groups excluding tert-OH is 1. The Morgan fingerprint density at radius 3 is 2.42 bits per heavy atom. The highest BCUT2D eigenvalue weighted by molar-refractivity contribution is 7.89. The molecule has 2 N–H and O–H groups in total. The summed E-state index contributed by atoms with van der Waals surface area (Å²) in [6.07, 6.45) is 0.526. The van der Waals surface area contributed by atoms with Crippen molar-refractivity contribution in [1.82, 2.24) is 4.72 Å². The number of benzene rings is 1. The van der Waals surface area contributed by atoms with E-state index in [1.54, 1.807) is 13.0 Å². The van der Waals surface area contributed by atoms with Crippen molar-refractivity contribution >= 4 is 10.0 Å². The summed E-state index contributed by atoms with van der Waals surface area (Å²) in [6, 6.07) is 2.81. The van der Waals surface area contributed by atoms with E-state index in [1.807, 2.05) is 13.8 Å². The number of ether oxygens (including phenoxy) is 1. The van der Waals surface area contributed by atoms with Gasteiger partial charge in [0.15, 0.2) is 0 Å². The summed E-state index contributed by atoms with van der Waals surface area (Å²) >= 11 is 0. The third-order valence-corrected chi connectivity index (χ3v) is 4.68. The Bertz CT molecular complexity index is 536. The van der Waals surface area contributed by atoms with Gasteiger partial charge in [-0.25, -0.2) is 13.1 Å². The average molecular weight is 287 g/mol. The standard InChI is InChI=1S/C13H21NO4S/c1-5-11(8-15)14-19(16,17)13-7-12(18-4)9(2)6-10(13)3/h6-7,11,14-15H,5,8H2,1-4H3/t11-/m0/s1. The van der Waals surface area contributed by atoms with Crippen molar-refractivity contribution in [2.24, 2.45) is 0 Å². The van der Waals surface area contributed by atoms with Crippen molar-refractivity contribution in [1.29, 1.82) is 0 Å². The number of nitrogens with one attached hydrogen (secondary N) is 1. The van der Waals surface area contributed by atoms with Gasteiger partial charge in [-0.2, -0.15) is 0 Å². The number of aryl methyl sites for hydroxylation is 2. The lowest BCUT2D eigenvalue weighted by Crippen LogP contribution is -2.37. The van der Waals surface area contributed by atoms with E-state index in [0.29, 0.717) is 17.7 Å². The van der Waals surface area contributed by atoms with Crippen LogP contribution in [0.2, 0.25) is 0 Å². The molecule has 0 radical (unpaired) electrons. The predicted molar refractivity (Wildman–Crippen MR) is 74.0 cm³/mol. The van der Waals surface area contributed by atoms with E-state index in [2.05, 4.69) is 4.72 Å². The molecule has 5 nitrogen and oxygen atoms in total. The molecule has 0 aliphatic rings. The van der Waals surface area contributed by atoms with Crippen LogP contribution in [0.4, 0.5) is 0 Å². The molecule has 0 heterocycles. The van der Waals surface area contributed by atoms with Gasteiger partial charge in [-0.15, -0.1) is 0 Å². The van der Waals surface area contributed by atoms with Crippen LogP contribution in [0.1, 0.15) is 24.5 Å². The SMILES string of the molecule is CC[C@@H](CO)NS(=O)(=O)c1cc(OC)c(C)cc1C. The molecule has 1 aromatic carbocycles. The molecular formula is C13H21NO4S. The van der Waals surface area contributed by atoms with Crippen molar-refractivity contribution in [3.05, 3.63) is 23.3 Å². The van der Waals surface area contributed by atoms with E-state index >= 15 is 0 Å². The Morgan fingerprint density at radius 1 is 1.32 bits per heavy atom. The summed E-state index contributed by atoms with van der Waals surface area (Å²) in [5.74, 6) is 0.531. The molecule has 6 heteroatoms. The van der Waals surface area contributed by atoms with Gasteiger partial charge < -0.3 is 9.84 Å². The topological polar surface area (TPSA) is 75.6 Å². The zero-order valence-electron chi connectivity index (χ0n) is 11.7. The zero-order chi connectivity index (χ0) is 14.6. The Labute approximate surface area is 114 Å². The van der Waals surface area contributed by atoms with Gasteiger partial charge >= 0.3 is 0 Å². The normalized spacial score (nSPS) is 13.3. The summed E-state index contributed by atoms with van der Waals surface area (Å²) in [5.41, 5.74) is 1.53. The smallest absolute Gasteiger partial charge is 0.241 e. The molecule has 1 aromatic rings. The maximum Gasteiger partial charge on any atom is 0.241 e. The quantitative estimate of drug-likeness (QED) is 0.828. The van der Waals surface area contributed by atoms with Crippen molar-refractivity contribution in [3.63, 3.8) is 0 Å². The lowest BCUT2D eigenvalue weighted by atomic mass is 10.1. The van der Waals surface area contributed by atoms with Gasteiger partial charge in [-0.05, 0) is 31.4 Å². The third-order valence-electron chi connectivity index (χ3n) is 3.02. The van der Waals surface area contributed by atoms with E-state index in [9.17, 15) is 8.42 Å². The molecule has 0 saturated carbocycles. The van der Waals surface area contributed by atoms with Gasteiger partial charge in [-0.1, -0.05) is 13.0 Å². The summed E-state index contributed by atoms with van der Waals surface area (Å²) in [4.78, 5) is 0.182. The van der Waals surface area contributed by atoms with Gasteiger partial charge in [0.2, 0.25) is 10.0 Å². The number of hydrogen-bond donors (Lipinski definition) is 2. The van der Waals surface area contributed by atoms with Crippen molar-refractivity contribution in [2.45, 2.75) is 38.1 Å². The van der Waals surface area contributed by atoms with Crippen LogP contribution in [0, 0.1) is 13.8 Å². The predicted octanol–water partition coefficient (Wildman–Crippen LogP) is 1.36. The molecule has 0 aliphatic carbocycles. The van der Waals surface area contributed by atoms with E-state index in [4.69, 9.17) is 9.84 Å². The number of methoxy groups -OCH3 is 1. The summed E-state index contributed by atoms with van der Waals surface area (Å²) in [6.45, 7) is 5.18. The fraction of sp³-hybridized carbons (Fsp3) is 0.538. The average Bonchev–Trinajstić information content (AvgIpc) is 2.35. The first-order chi connectivity index (χ1) is 8.85. The minimum atomic E-state index is -3.65. The number of sulfonamides is 1. The fourth-order valence-corrected chi connectivity index (χ4v) is 3.41. The van der Waals surface area contributed by atoms with E-state index in [0.717, 1.165) is 5.56 Å². The van der Waals surface area contributed by atoms with Crippen LogP contribution in [0.15, 0.2) is 17.0 Å². The van der Waals surface area contributed by atoms with Crippen LogP contribution in [0.25, 0.3) is 0 Å². The zero-order valence-corrected chi connectivity index (χ0v) is 12.5. The summed E-state index contributed by atoms with van der Waals surface area (Å²) in [5, 5.41) is 9.10. The molecule has 0 bridgehead atoms. The largest absolute Gasteiger partial charge is 0.496 e. The monoisotopic (exact) mass is 287 g/mol. The molecule has 0 saturated heterocycles. The van der Waals surface area contributed by atoms with Crippen molar-refractivity contribution in [3.8, 4) is 5.75 Å². The lowest BCUT2D eigenvalue weighted by molar-refractivity contribution is 0.254. The van der Waals surface area contributed by atoms with Gasteiger partial charge in [0.25, 0.3) is 0 Å². The van der Waals surface area contributed by atoms with Crippen LogP contribution in [-0.2, 0) is 10.0 Å². The second-order valence-corrected chi connectivity index (χ2v) is 6.18. The molecule has 0 fully saturated rings. The van der Waals surface area contributed by atoms with E-state index < -0.39 is 16.1 Å². The fourth-order valence-electron chi connectivity index (χ4n) is 1.86. The number of hydrogen-bond acceptors (Lipinski definition) is 4. The molecule has 1 atom stereocenters. The summed E-state index contributed by atoms with van der Waals surface area (Å²) < 4.78 is 32.2. The highest BCUT2D eigenvalue weighted by Gasteiger charge is 2.22. The lowest BCUT2D eigenvalue weighted by Gasteiger charge is -2.17. The number of rotatable bonds is 6. The summed E-state index contributed by atoms with van der Waals surface area (Å²) in [7, 11) is -2.15. The highest BCUT2D eigenvalue weighted by Crippen LogP contribution is 2.25. The van der Waals surface area contributed by atoms with Crippen LogP contribution >= 0.6 is 0 Å². The van der Waals surface area contributed by atoms with Gasteiger partial charge in [0.1, 0.15) is 5.75 Å². The molecule has 0 aliphatic heterocycles. The molecule has 19 heavy (non-hydrogen) atoms. The minimum Gasteiger partial charge on any atom is -0.496 e. The van der Waals surface area contributed by atoms with Crippen molar-refractivity contribution < 1.29 is 18.3 Å². The van der Waals surface area contributed by atoms with Crippen LogP contribution < -0.4 is 9.46 Å². The highest BCUT2D eigenvalue weighted by atomic mass is 32.2. The Balaban J connectivity index is 3.21. The molecular weight excluding hydrogens is 266 g/mol. The number of aliphatic hydroxyl groups is 1. The van der Waals surface area contributed by atoms with Crippen LogP contribution in [0.3, 0.4) is 0 Å². The second-order valence-electron chi connectivity index (χ2n) is 4.50. The first kappa shape index (κ1) is 15.9. The third kappa shape index (κ3) is 3.68. The molecule has 0 spiro atoms. The van der Waals surface area contributed by atoms with Crippen LogP contribution in [0.5, 0.6) is 5.75 Å². The first-order valence-electron chi connectivity index (χ1n) is 6.14. The van der Waals surface area contributed by atoms with Crippen molar-refractivity contribution in [2.75, 3.05) is 13.7 Å². The second kappa shape index (κ2) is 6.36. The Kier molecular flexibility index (Phi) is 5.34. The van der Waals surface area contributed by atoms with Gasteiger partial charge in [0.05, 0.1) is 18.6 Å². The maximum atomic E-state index is 12.3. The molecule has 0 amide bonds. The molecule has 0 aromatic heterocycles. The Hall–Kier alpha value is -1.11. The van der Waals surface area contributed by atoms with Gasteiger partial charge in [0, 0.05) is 12.1 Å². The van der Waals surface area contributed by atoms with E-state index in [1.165, 1.54) is 13.2 Å². The van der Waals surface area contributed by atoms with Gasteiger partial charge in [-0.3, -0.25) is 0 Å². The molecule has 108 valence electrons. The molecule has 0 unspecified atom stereocenters. The minimum absolute atomic E-state index is 0.182. The van der Waals surface area contributed by atoms with E-state index in [-0.39, 0.29) is 11.5 Å². The van der Waals surface area contributed by atoms with Crippen LogP contribution in [-0.4, -0.2) is 33.3 Å². The maximum absolute atomic E-state index is 12.3. The Morgan fingerprint density at radius 2 is 1.95 bits per heavy atom. The first-order valence-corrected chi connectivity index (χ1v) is 7.62. The molecule has 1 rings (SSSR count).